The van der Waals surface area contributed by atoms with E-state index in [0.717, 1.165) is 29.9 Å². The van der Waals surface area contributed by atoms with Crippen LogP contribution in [-0.2, 0) is 9.53 Å². The van der Waals surface area contributed by atoms with Crippen molar-refractivity contribution in [1.82, 2.24) is 0 Å². The molecule has 43 heavy (non-hydrogen) atoms. The van der Waals surface area contributed by atoms with Crippen LogP contribution in [-0.4, -0.2) is 95.3 Å². The fourth-order valence-corrected chi connectivity index (χ4v) is 7.80. The third kappa shape index (κ3) is 8.76. The lowest BCUT2D eigenvalue weighted by Gasteiger charge is -2.44. The molecule has 1 saturated heterocycles. The number of carbonyl (C=O) groups is 1. The largest absolute Gasteiger partial charge is 0.479 e. The molecule has 1 heterocycles. The predicted octanol–water partition coefficient (Wildman–Crippen LogP) is 2.58. The van der Waals surface area contributed by atoms with E-state index < -0.39 is 54.5 Å². The summed E-state index contributed by atoms with van der Waals surface area (Å²) in [4.78, 5) is 10.4. The van der Waals surface area contributed by atoms with Crippen LogP contribution in [0.4, 0.5) is 0 Å². The second kappa shape index (κ2) is 14.6. The zero-order valence-corrected chi connectivity index (χ0v) is 26.1. The molecule has 4 aliphatic rings. The lowest BCUT2D eigenvalue weighted by molar-refractivity contribution is -0.279. The number of aliphatic hydroxyl groups excluding tert-OH is 6. The molecule has 1 aliphatic heterocycles. The molecule has 3 aliphatic carbocycles. The van der Waals surface area contributed by atoms with Gasteiger partial charge in [-0.25, -0.2) is 4.79 Å². The van der Waals surface area contributed by atoms with E-state index in [0.29, 0.717) is 30.1 Å². The van der Waals surface area contributed by atoms with Gasteiger partial charge in [0.15, 0.2) is 12.4 Å². The lowest BCUT2D eigenvalue weighted by atomic mass is 9.60. The lowest BCUT2D eigenvalue weighted by Crippen LogP contribution is -2.59. The van der Waals surface area contributed by atoms with Crippen LogP contribution in [0, 0.1) is 23.2 Å². The number of hydrogen-bond acceptors (Lipinski definition) is 9. The summed E-state index contributed by atoms with van der Waals surface area (Å²) < 4.78 is 4.34. The Hall–Kier alpha value is -1.63. The van der Waals surface area contributed by atoms with Gasteiger partial charge in [-0.3, -0.25) is 0 Å². The van der Waals surface area contributed by atoms with Gasteiger partial charge in [0.25, 0.3) is 0 Å². The van der Waals surface area contributed by atoms with Crippen LogP contribution >= 0.6 is 0 Å². The van der Waals surface area contributed by atoms with E-state index in [4.69, 9.17) is 25.5 Å². The van der Waals surface area contributed by atoms with E-state index >= 15 is 0 Å². The number of fused-ring (bicyclic) bond motifs is 1. The number of carboxylic acid groups (broad SMARTS) is 1. The number of allylic oxidation sites excluding steroid dienone is 3. The predicted molar refractivity (Wildman–Crippen MR) is 161 cm³/mol. The zero-order chi connectivity index (χ0) is 32.3. The molecular weight excluding hydrogens is 556 g/mol. The smallest absolute Gasteiger partial charge is 0.335 e. The monoisotopic (exact) mass is 610 g/mol. The second-order valence-corrected chi connectivity index (χ2v) is 14.1. The van der Waals surface area contributed by atoms with Gasteiger partial charge in [-0.1, -0.05) is 51.0 Å². The van der Waals surface area contributed by atoms with Crippen molar-refractivity contribution in [1.29, 1.82) is 0 Å². The molecule has 0 amide bonds. The van der Waals surface area contributed by atoms with Crippen LogP contribution in [0.3, 0.4) is 0 Å². The molecule has 8 N–H and O–H groups in total. The molecule has 0 bridgehead atoms. The average Bonchev–Trinajstić information content (AvgIpc) is 3.27. The first-order valence-electron chi connectivity index (χ1n) is 15.7. The van der Waals surface area contributed by atoms with E-state index in [1.54, 1.807) is 5.57 Å². The minimum atomic E-state index is -1.81. The number of ether oxygens (including phenoxy) is 1. The number of rotatable bonds is 7. The molecule has 3 unspecified atom stereocenters. The van der Waals surface area contributed by atoms with Crippen LogP contribution in [0.1, 0.15) is 91.9 Å². The van der Waals surface area contributed by atoms with E-state index in [9.17, 15) is 20.1 Å². The minimum Gasteiger partial charge on any atom is -0.479 e. The molecule has 0 aromatic rings. The van der Waals surface area contributed by atoms with Crippen LogP contribution in [0.5, 0.6) is 0 Å². The molecule has 4 fully saturated rings. The SMILES string of the molecule is C=C1/C(=C\C=C2CCC[C@@]3(C)C2CC[C@@H]3[C@H](C)CCCC(C)(C)O)C[C@@H](O)CC1O.O=C(O)[C@H]1OC(O)[C@H](O)[C@@H](O)[C@@H]1O. The second-order valence-electron chi connectivity index (χ2n) is 14.1. The number of carboxylic acids is 1. The van der Waals surface area contributed by atoms with Gasteiger partial charge in [-0.05, 0) is 93.1 Å². The van der Waals surface area contributed by atoms with Gasteiger partial charge in [0, 0.05) is 6.42 Å². The van der Waals surface area contributed by atoms with Crippen molar-refractivity contribution >= 4 is 5.97 Å². The molecule has 0 aromatic carbocycles. The maximum absolute atomic E-state index is 10.4. The first-order valence-corrected chi connectivity index (χ1v) is 15.7. The highest BCUT2D eigenvalue weighted by molar-refractivity contribution is 5.73. The Balaban J connectivity index is 0.000000326. The van der Waals surface area contributed by atoms with E-state index in [1.165, 1.54) is 38.5 Å². The Morgan fingerprint density at radius 2 is 1.77 bits per heavy atom. The highest BCUT2D eigenvalue weighted by atomic mass is 16.6. The van der Waals surface area contributed by atoms with Crippen molar-refractivity contribution in [3.63, 3.8) is 0 Å². The topological polar surface area (TPSA) is 188 Å². The molecule has 0 aromatic heterocycles. The van der Waals surface area contributed by atoms with Crippen LogP contribution < -0.4 is 0 Å². The number of hydrogen-bond donors (Lipinski definition) is 8. The molecule has 0 spiro atoms. The highest BCUT2D eigenvalue weighted by Crippen LogP contribution is 2.60. The van der Waals surface area contributed by atoms with Gasteiger partial charge < -0.3 is 45.6 Å². The summed E-state index contributed by atoms with van der Waals surface area (Å²) in [5.41, 5.74) is 3.17. The van der Waals surface area contributed by atoms with Gasteiger partial charge in [0.1, 0.15) is 18.3 Å². The van der Waals surface area contributed by atoms with Crippen molar-refractivity contribution in [3.05, 3.63) is 35.5 Å². The van der Waals surface area contributed by atoms with Crippen molar-refractivity contribution in [3.8, 4) is 0 Å². The Bertz CT molecular complexity index is 1030. The summed E-state index contributed by atoms with van der Waals surface area (Å²) >= 11 is 0. The van der Waals surface area contributed by atoms with Crippen molar-refractivity contribution in [2.75, 3.05) is 0 Å². The fraction of sp³-hybridized carbons (Fsp3) is 0.788. The van der Waals surface area contributed by atoms with Crippen molar-refractivity contribution < 1.29 is 50.4 Å². The number of aliphatic carboxylic acids is 1. The van der Waals surface area contributed by atoms with Gasteiger partial charge in [0.05, 0.1) is 17.8 Å². The van der Waals surface area contributed by atoms with E-state index in [2.05, 4.69) is 37.3 Å². The third-order valence-corrected chi connectivity index (χ3v) is 10.3. The van der Waals surface area contributed by atoms with Gasteiger partial charge in [0.2, 0.25) is 0 Å². The highest BCUT2D eigenvalue weighted by Gasteiger charge is 2.50. The maximum atomic E-state index is 10.4. The summed E-state index contributed by atoms with van der Waals surface area (Å²) in [6.45, 7) is 12.8. The summed E-state index contributed by atoms with van der Waals surface area (Å²) in [5.74, 6) is 0.589. The quantitative estimate of drug-likeness (QED) is 0.213. The Kier molecular flexibility index (Phi) is 12.2. The Morgan fingerprint density at radius 3 is 2.40 bits per heavy atom. The van der Waals surface area contributed by atoms with E-state index in [1.807, 2.05) is 13.8 Å². The summed E-state index contributed by atoms with van der Waals surface area (Å²) in [7, 11) is 0. The Labute approximate surface area is 255 Å². The number of aliphatic hydroxyl groups is 7. The van der Waals surface area contributed by atoms with Crippen molar-refractivity contribution in [2.45, 2.75) is 140 Å². The van der Waals surface area contributed by atoms with Crippen LogP contribution in [0.2, 0.25) is 0 Å². The molecule has 0 radical (unpaired) electrons. The summed E-state index contributed by atoms with van der Waals surface area (Å²) in [5, 5.41) is 74.6. The van der Waals surface area contributed by atoms with Crippen LogP contribution in [0.15, 0.2) is 35.5 Å². The minimum absolute atomic E-state index is 0.374. The molecule has 11 atom stereocenters. The van der Waals surface area contributed by atoms with Gasteiger partial charge in [-0.2, -0.15) is 0 Å². The van der Waals surface area contributed by atoms with E-state index in [-0.39, 0.29) is 0 Å². The molecule has 3 saturated carbocycles. The summed E-state index contributed by atoms with van der Waals surface area (Å²) in [6, 6.07) is 0. The first-order chi connectivity index (χ1) is 20.0. The molecule has 4 rings (SSSR count). The average molecular weight is 611 g/mol. The van der Waals surface area contributed by atoms with Crippen LogP contribution in [0.25, 0.3) is 0 Å². The summed E-state index contributed by atoms with van der Waals surface area (Å²) in [6.07, 6.45) is 5.14. The molecule has 246 valence electrons. The third-order valence-electron chi connectivity index (χ3n) is 10.3. The standard InChI is InChI=1S/C27H44O3.C6H10O7/c1-18(8-6-14-26(3,4)30)23-12-13-24-20(9-7-15-27(23,24)5)10-11-21-16-22(28)17-25(29)19(21)2;7-1-2(8)4(5(10)11)13-6(12)3(1)9/h10-11,18,22-25,28-30H,2,6-9,12-17H2,1,3-5H3;1-4,6-9,12H,(H,10,11)/b20-10?,21-11-;/t18-,22-,23-,24?,25?,27-;1-,2-,3+,4-,6?/m10/s1. The molecule has 10 heteroatoms. The normalized spacial score (nSPS) is 41.0. The van der Waals surface area contributed by atoms with Gasteiger partial charge >= 0.3 is 5.97 Å². The first kappa shape index (κ1) is 35.8. The Morgan fingerprint density at radius 1 is 1.09 bits per heavy atom. The molecule has 10 nitrogen and oxygen atoms in total. The van der Waals surface area contributed by atoms with Gasteiger partial charge in [-0.15, -0.1) is 0 Å². The zero-order valence-electron chi connectivity index (χ0n) is 26.1. The molecular formula is C33H54O10. The van der Waals surface area contributed by atoms with Crippen molar-refractivity contribution in [2.24, 2.45) is 23.2 Å². The fourth-order valence-electron chi connectivity index (χ4n) is 7.80. The maximum Gasteiger partial charge on any atom is 0.335 e.